The van der Waals surface area contributed by atoms with E-state index in [-0.39, 0.29) is 17.7 Å². The van der Waals surface area contributed by atoms with E-state index in [1.807, 2.05) is 21.9 Å². The quantitative estimate of drug-likeness (QED) is 0.845. The second-order valence-corrected chi connectivity index (χ2v) is 9.20. The maximum absolute atomic E-state index is 13.2. The molecule has 3 fully saturated rings. The molecule has 160 valence electrons. The third kappa shape index (κ3) is 3.82. The van der Waals surface area contributed by atoms with Crippen LogP contribution in [0.1, 0.15) is 63.1 Å². The number of hydrogen-bond acceptors (Lipinski definition) is 4. The maximum atomic E-state index is 13.2. The van der Waals surface area contributed by atoms with Crippen molar-refractivity contribution in [2.75, 3.05) is 26.2 Å². The lowest BCUT2D eigenvalue weighted by molar-refractivity contribution is -0.143. The van der Waals surface area contributed by atoms with Gasteiger partial charge in [0.05, 0.1) is 11.4 Å². The van der Waals surface area contributed by atoms with Crippen LogP contribution in [0.25, 0.3) is 11.2 Å². The molecule has 0 spiro atoms. The van der Waals surface area contributed by atoms with E-state index in [9.17, 15) is 9.59 Å². The molecule has 5 rings (SSSR count). The number of amides is 2. The van der Waals surface area contributed by atoms with E-state index in [0.29, 0.717) is 18.4 Å². The smallest absolute Gasteiger partial charge is 0.227 e. The van der Waals surface area contributed by atoms with E-state index in [2.05, 4.69) is 15.0 Å². The monoisotopic (exact) mass is 409 g/mol. The van der Waals surface area contributed by atoms with Gasteiger partial charge in [0.2, 0.25) is 11.8 Å². The Morgan fingerprint density at radius 2 is 1.63 bits per heavy atom. The highest BCUT2D eigenvalue weighted by molar-refractivity contribution is 5.82. The Morgan fingerprint density at radius 1 is 0.900 bits per heavy atom. The van der Waals surface area contributed by atoms with Gasteiger partial charge in [-0.05, 0) is 50.7 Å². The largest absolute Gasteiger partial charge is 0.342 e. The number of rotatable bonds is 3. The molecule has 0 bridgehead atoms. The first kappa shape index (κ1) is 19.5. The van der Waals surface area contributed by atoms with Gasteiger partial charge in [0.15, 0.2) is 5.65 Å². The number of carbonyl (C=O) groups excluding carboxylic acids is 2. The Bertz CT molecular complexity index is 878. The van der Waals surface area contributed by atoms with Crippen LogP contribution in [0.5, 0.6) is 0 Å². The number of piperidine rings is 2. The first-order valence-corrected chi connectivity index (χ1v) is 11.6. The van der Waals surface area contributed by atoms with E-state index < -0.39 is 0 Å². The molecule has 0 radical (unpaired) electrons. The number of fused-ring (bicyclic) bond motifs is 1. The Balaban J connectivity index is 1.17. The fourth-order valence-electron chi connectivity index (χ4n) is 5.50. The van der Waals surface area contributed by atoms with Crippen molar-refractivity contribution in [3.8, 4) is 0 Å². The molecule has 2 aromatic rings. The number of imidazole rings is 1. The van der Waals surface area contributed by atoms with Gasteiger partial charge in [0, 0.05) is 44.2 Å². The zero-order valence-electron chi connectivity index (χ0n) is 17.6. The third-order valence-electron chi connectivity index (χ3n) is 7.26. The number of hydrogen-bond donors (Lipinski definition) is 1. The molecule has 30 heavy (non-hydrogen) atoms. The fraction of sp³-hybridized carbons (Fsp3) is 0.652. The topological polar surface area (TPSA) is 82.2 Å². The average molecular weight is 410 g/mol. The standard InChI is InChI=1S/C23H31N5O2/c29-22(17-5-1-2-6-17)28-12-4-7-18(15-28)23(30)27-13-9-16(10-14-27)20-25-19-8-3-11-24-21(19)26-20/h3,8,11,16-18H,1-2,4-7,9-10,12-15H2,(H,24,25,26). The minimum absolute atomic E-state index is 0.0314. The second-order valence-electron chi connectivity index (χ2n) is 9.20. The SMILES string of the molecule is O=C(C1CCCN(C(=O)C2CCCC2)C1)N1CCC(c2nc3ncccc3[nH]2)CC1. The van der Waals surface area contributed by atoms with Crippen LogP contribution in [0, 0.1) is 11.8 Å². The second kappa shape index (κ2) is 8.36. The van der Waals surface area contributed by atoms with E-state index in [4.69, 9.17) is 0 Å². The van der Waals surface area contributed by atoms with E-state index in [1.165, 1.54) is 12.8 Å². The van der Waals surface area contributed by atoms with Gasteiger partial charge in [-0.25, -0.2) is 9.97 Å². The molecule has 7 nitrogen and oxygen atoms in total. The van der Waals surface area contributed by atoms with Gasteiger partial charge in [0.1, 0.15) is 5.82 Å². The van der Waals surface area contributed by atoms with Crippen LogP contribution < -0.4 is 0 Å². The summed E-state index contributed by atoms with van der Waals surface area (Å²) in [6, 6.07) is 3.91. The number of nitrogens with one attached hydrogen (secondary N) is 1. The minimum atomic E-state index is -0.0314. The van der Waals surface area contributed by atoms with Crippen molar-refractivity contribution >= 4 is 23.0 Å². The highest BCUT2D eigenvalue weighted by Crippen LogP contribution is 2.31. The molecular weight excluding hydrogens is 378 g/mol. The number of pyridine rings is 1. The molecule has 0 aromatic carbocycles. The van der Waals surface area contributed by atoms with Crippen LogP contribution in [0.3, 0.4) is 0 Å². The lowest BCUT2D eigenvalue weighted by atomic mass is 9.92. The van der Waals surface area contributed by atoms with E-state index >= 15 is 0 Å². The summed E-state index contributed by atoms with van der Waals surface area (Å²) in [5, 5.41) is 0. The van der Waals surface area contributed by atoms with Crippen LogP contribution >= 0.6 is 0 Å². The number of aromatic nitrogens is 3. The lowest BCUT2D eigenvalue weighted by Gasteiger charge is -2.38. The van der Waals surface area contributed by atoms with Gasteiger partial charge in [-0.3, -0.25) is 9.59 Å². The predicted molar refractivity (Wildman–Crippen MR) is 114 cm³/mol. The van der Waals surface area contributed by atoms with Crippen molar-refractivity contribution in [2.45, 2.75) is 57.3 Å². The van der Waals surface area contributed by atoms with E-state index in [0.717, 1.165) is 75.1 Å². The molecule has 1 atom stereocenters. The van der Waals surface area contributed by atoms with Gasteiger partial charge in [-0.15, -0.1) is 0 Å². The highest BCUT2D eigenvalue weighted by Gasteiger charge is 2.35. The fourth-order valence-corrected chi connectivity index (χ4v) is 5.50. The maximum Gasteiger partial charge on any atom is 0.227 e. The Labute approximate surface area is 177 Å². The summed E-state index contributed by atoms with van der Waals surface area (Å²) in [5.41, 5.74) is 1.74. The molecule has 1 aliphatic carbocycles. The molecule has 1 unspecified atom stereocenters. The molecule has 4 heterocycles. The van der Waals surface area contributed by atoms with Gasteiger partial charge < -0.3 is 14.8 Å². The highest BCUT2D eigenvalue weighted by atomic mass is 16.2. The van der Waals surface area contributed by atoms with Crippen molar-refractivity contribution in [2.24, 2.45) is 11.8 Å². The minimum Gasteiger partial charge on any atom is -0.342 e. The Morgan fingerprint density at radius 3 is 2.40 bits per heavy atom. The number of nitrogens with zero attached hydrogens (tertiary/aromatic N) is 4. The molecule has 2 saturated heterocycles. The van der Waals surface area contributed by atoms with Gasteiger partial charge in [-0.2, -0.15) is 0 Å². The predicted octanol–water partition coefficient (Wildman–Crippen LogP) is 3.09. The summed E-state index contributed by atoms with van der Waals surface area (Å²) in [6.45, 7) is 2.96. The summed E-state index contributed by atoms with van der Waals surface area (Å²) in [7, 11) is 0. The van der Waals surface area contributed by atoms with Crippen LogP contribution in [0.4, 0.5) is 0 Å². The third-order valence-corrected chi connectivity index (χ3v) is 7.26. The van der Waals surface area contributed by atoms with E-state index in [1.54, 1.807) is 6.20 Å². The van der Waals surface area contributed by atoms with Crippen LogP contribution in [0.15, 0.2) is 18.3 Å². The van der Waals surface area contributed by atoms with Gasteiger partial charge >= 0.3 is 0 Å². The molecule has 1 N–H and O–H groups in total. The summed E-state index contributed by atoms with van der Waals surface area (Å²) >= 11 is 0. The lowest BCUT2D eigenvalue weighted by Crippen LogP contribution is -2.49. The number of likely N-dealkylation sites (tertiary alicyclic amines) is 2. The average Bonchev–Trinajstić information content (AvgIpc) is 3.48. The molecule has 1 saturated carbocycles. The van der Waals surface area contributed by atoms with Gasteiger partial charge in [0.25, 0.3) is 0 Å². The molecule has 2 amide bonds. The van der Waals surface area contributed by atoms with Crippen LogP contribution in [0.2, 0.25) is 0 Å². The first-order chi connectivity index (χ1) is 14.7. The Kier molecular flexibility index (Phi) is 5.44. The van der Waals surface area contributed by atoms with Gasteiger partial charge in [-0.1, -0.05) is 12.8 Å². The van der Waals surface area contributed by atoms with Crippen LogP contribution in [-0.2, 0) is 9.59 Å². The van der Waals surface area contributed by atoms with Crippen molar-refractivity contribution in [3.05, 3.63) is 24.2 Å². The molecule has 7 heteroatoms. The number of H-pyrrole nitrogens is 1. The van der Waals surface area contributed by atoms with Crippen molar-refractivity contribution in [3.63, 3.8) is 0 Å². The molecular formula is C23H31N5O2. The van der Waals surface area contributed by atoms with Crippen molar-refractivity contribution in [1.82, 2.24) is 24.8 Å². The molecule has 3 aliphatic rings. The summed E-state index contributed by atoms with van der Waals surface area (Å²) in [5.74, 6) is 2.03. The zero-order chi connectivity index (χ0) is 20.5. The normalized spacial score (nSPS) is 23.9. The number of carbonyl (C=O) groups is 2. The molecule has 2 aromatic heterocycles. The van der Waals surface area contributed by atoms with Crippen molar-refractivity contribution < 1.29 is 9.59 Å². The van der Waals surface area contributed by atoms with Crippen molar-refractivity contribution in [1.29, 1.82) is 0 Å². The summed E-state index contributed by atoms with van der Waals surface area (Å²) < 4.78 is 0. The summed E-state index contributed by atoms with van der Waals surface area (Å²) in [4.78, 5) is 42.3. The first-order valence-electron chi connectivity index (χ1n) is 11.6. The zero-order valence-corrected chi connectivity index (χ0v) is 17.6. The summed E-state index contributed by atoms with van der Waals surface area (Å²) in [6.07, 6.45) is 9.84. The molecule has 2 aliphatic heterocycles. The van der Waals surface area contributed by atoms with Crippen LogP contribution in [-0.4, -0.2) is 62.7 Å². The Hall–Kier alpha value is -2.44. The number of aromatic amines is 1.